The number of hydrogen-bond acceptors (Lipinski definition) is 6. The van der Waals surface area contributed by atoms with Crippen LogP contribution in [0.15, 0.2) is 17.6 Å². The molecule has 0 saturated heterocycles. The zero-order chi connectivity index (χ0) is 16.0. The van der Waals surface area contributed by atoms with Gasteiger partial charge in [0, 0.05) is 19.3 Å². The number of sulfone groups is 1. The molecule has 118 valence electrons. The fourth-order valence-corrected chi connectivity index (χ4v) is 4.22. The van der Waals surface area contributed by atoms with Crippen LogP contribution in [0.2, 0.25) is 0 Å². The van der Waals surface area contributed by atoms with E-state index in [9.17, 15) is 13.2 Å². The van der Waals surface area contributed by atoms with Crippen LogP contribution < -0.4 is 16.4 Å². The summed E-state index contributed by atoms with van der Waals surface area (Å²) in [7, 11) is -3.51. The minimum atomic E-state index is -3.51. The van der Waals surface area contributed by atoms with Crippen molar-refractivity contribution in [2.75, 3.05) is 30.4 Å². The molecule has 6 nitrogen and oxygen atoms in total. The Hall–Kier alpha value is -1.54. The lowest BCUT2D eigenvalue weighted by Crippen LogP contribution is -2.23. The molecule has 0 aliphatic rings. The first kappa shape index (κ1) is 17.5. The molecular weight excluding hydrogens is 310 g/mol. The Balaban J connectivity index is 3.17. The Kier molecular flexibility index (Phi) is 6.22. The third kappa shape index (κ3) is 4.47. The number of hydrogen-bond donors (Lipinski definition) is 3. The first-order valence-electron chi connectivity index (χ1n) is 6.58. The smallest absolute Gasteiger partial charge is 0.263 e. The van der Waals surface area contributed by atoms with Crippen molar-refractivity contribution < 1.29 is 13.2 Å². The van der Waals surface area contributed by atoms with E-state index in [1.807, 2.05) is 6.92 Å². The highest BCUT2D eigenvalue weighted by Crippen LogP contribution is 2.39. The molecule has 1 aromatic rings. The summed E-state index contributed by atoms with van der Waals surface area (Å²) in [6.07, 6.45) is 4.51. The molecule has 21 heavy (non-hydrogen) atoms. The number of carbonyl (C=O) groups excluding carboxylic acids is 1. The maximum Gasteiger partial charge on any atom is 0.263 e. The van der Waals surface area contributed by atoms with Crippen molar-refractivity contribution in [2.24, 2.45) is 0 Å². The lowest BCUT2D eigenvalue weighted by Gasteiger charge is -2.05. The normalized spacial score (nSPS) is 11.1. The van der Waals surface area contributed by atoms with Crippen LogP contribution in [0.25, 0.3) is 0 Å². The number of nitrogens with one attached hydrogen (secondary N) is 2. The summed E-state index contributed by atoms with van der Waals surface area (Å²) >= 11 is 1.06. The van der Waals surface area contributed by atoms with Crippen LogP contribution in [0.3, 0.4) is 0 Å². The van der Waals surface area contributed by atoms with Gasteiger partial charge in [-0.15, -0.1) is 17.9 Å². The molecule has 0 aromatic carbocycles. The van der Waals surface area contributed by atoms with Crippen LogP contribution in [0.4, 0.5) is 10.7 Å². The van der Waals surface area contributed by atoms with Gasteiger partial charge in [-0.25, -0.2) is 8.42 Å². The van der Waals surface area contributed by atoms with E-state index in [-0.39, 0.29) is 15.5 Å². The van der Waals surface area contributed by atoms with Gasteiger partial charge in [0.15, 0.2) is 9.84 Å². The van der Waals surface area contributed by atoms with Crippen LogP contribution in [-0.2, 0) is 9.84 Å². The molecule has 1 heterocycles. The molecule has 0 aliphatic carbocycles. The number of carbonyl (C=O) groups is 1. The van der Waals surface area contributed by atoms with E-state index >= 15 is 0 Å². The van der Waals surface area contributed by atoms with Gasteiger partial charge in [0.2, 0.25) is 0 Å². The van der Waals surface area contributed by atoms with Gasteiger partial charge in [0.1, 0.15) is 14.8 Å². The van der Waals surface area contributed by atoms with Gasteiger partial charge < -0.3 is 16.4 Å². The zero-order valence-electron chi connectivity index (χ0n) is 12.2. The Labute approximate surface area is 129 Å². The monoisotopic (exact) mass is 331 g/mol. The van der Waals surface area contributed by atoms with Gasteiger partial charge in [-0.1, -0.05) is 19.4 Å². The molecule has 8 heteroatoms. The molecule has 0 spiro atoms. The van der Waals surface area contributed by atoms with Gasteiger partial charge >= 0.3 is 0 Å². The summed E-state index contributed by atoms with van der Waals surface area (Å²) in [5.41, 5.74) is 5.87. The number of rotatable bonds is 8. The number of nitrogens with two attached hydrogens (primary N) is 1. The van der Waals surface area contributed by atoms with Crippen LogP contribution in [0.5, 0.6) is 0 Å². The highest BCUT2D eigenvalue weighted by Gasteiger charge is 2.26. The summed E-state index contributed by atoms with van der Waals surface area (Å²) in [4.78, 5) is 12.2. The van der Waals surface area contributed by atoms with Crippen molar-refractivity contribution in [3.8, 4) is 0 Å². The zero-order valence-corrected chi connectivity index (χ0v) is 13.9. The van der Waals surface area contributed by atoms with Crippen LogP contribution in [0.1, 0.15) is 29.4 Å². The van der Waals surface area contributed by atoms with Gasteiger partial charge in [-0.2, -0.15) is 0 Å². The average Bonchev–Trinajstić information content (AvgIpc) is 2.73. The van der Waals surface area contributed by atoms with E-state index in [1.165, 1.54) is 0 Å². The van der Waals surface area contributed by atoms with E-state index in [4.69, 9.17) is 5.73 Å². The summed E-state index contributed by atoms with van der Waals surface area (Å²) < 4.78 is 23.8. The molecule has 1 aromatic heterocycles. The lowest BCUT2D eigenvalue weighted by atomic mass is 10.3. The number of anilines is 2. The standard InChI is InChI=1S/C13H21N3O3S2/c1-4-6-8-16-13-11(21(3,18)19)9(14)10(20-13)12(17)15-7-5-2/h5,16H,2,4,6-8,14H2,1,3H3,(H,15,17). The highest BCUT2D eigenvalue weighted by molar-refractivity contribution is 7.91. The number of amides is 1. The third-order valence-electron chi connectivity index (χ3n) is 2.70. The molecule has 0 unspecified atom stereocenters. The van der Waals surface area contributed by atoms with Gasteiger partial charge in [0.05, 0.1) is 5.69 Å². The fraction of sp³-hybridized carbons (Fsp3) is 0.462. The van der Waals surface area contributed by atoms with E-state index in [0.29, 0.717) is 18.1 Å². The first-order chi connectivity index (χ1) is 9.82. The van der Waals surface area contributed by atoms with Crippen molar-refractivity contribution >= 4 is 37.8 Å². The van der Waals surface area contributed by atoms with Gasteiger partial charge in [-0.05, 0) is 6.42 Å². The number of thiophene rings is 1. The Bertz CT molecular complexity index is 621. The summed E-state index contributed by atoms with van der Waals surface area (Å²) in [6, 6.07) is 0. The summed E-state index contributed by atoms with van der Waals surface area (Å²) in [6.45, 7) is 6.47. The van der Waals surface area contributed by atoms with Crippen LogP contribution >= 0.6 is 11.3 Å². The third-order valence-corrected chi connectivity index (χ3v) is 5.16. The maximum absolute atomic E-state index is 12.0. The second-order valence-corrected chi connectivity index (χ2v) is 7.53. The fourth-order valence-electron chi connectivity index (χ4n) is 1.71. The predicted octanol–water partition coefficient (Wildman–Crippen LogP) is 1.86. The van der Waals surface area contributed by atoms with Crippen molar-refractivity contribution in [1.29, 1.82) is 0 Å². The molecule has 0 radical (unpaired) electrons. The molecule has 4 N–H and O–H groups in total. The summed E-state index contributed by atoms with van der Waals surface area (Å²) in [5.74, 6) is -0.397. The molecule has 0 fully saturated rings. The Morgan fingerprint density at radius 3 is 2.67 bits per heavy atom. The highest BCUT2D eigenvalue weighted by atomic mass is 32.2. The van der Waals surface area contributed by atoms with Crippen LogP contribution in [0, 0.1) is 0 Å². The molecule has 0 bridgehead atoms. The Morgan fingerprint density at radius 2 is 2.14 bits per heavy atom. The average molecular weight is 331 g/mol. The predicted molar refractivity (Wildman–Crippen MR) is 87.8 cm³/mol. The first-order valence-corrected chi connectivity index (χ1v) is 9.29. The van der Waals surface area contributed by atoms with Crippen molar-refractivity contribution in [3.63, 3.8) is 0 Å². The molecule has 0 atom stereocenters. The molecule has 0 saturated carbocycles. The van der Waals surface area contributed by atoms with Crippen LogP contribution in [-0.4, -0.2) is 33.7 Å². The van der Waals surface area contributed by atoms with E-state index < -0.39 is 15.7 Å². The SMILES string of the molecule is C=CCNC(=O)c1sc(NCCCC)c(S(C)(=O)=O)c1N. The number of unbranched alkanes of at least 4 members (excludes halogenated alkanes) is 1. The van der Waals surface area contributed by atoms with E-state index in [2.05, 4.69) is 17.2 Å². The quantitative estimate of drug-likeness (QED) is 0.498. The second-order valence-electron chi connectivity index (χ2n) is 4.55. The molecule has 1 amide bonds. The largest absolute Gasteiger partial charge is 0.396 e. The molecular formula is C13H21N3O3S2. The Morgan fingerprint density at radius 1 is 1.48 bits per heavy atom. The van der Waals surface area contributed by atoms with Crippen molar-refractivity contribution in [3.05, 3.63) is 17.5 Å². The minimum Gasteiger partial charge on any atom is -0.396 e. The topological polar surface area (TPSA) is 101 Å². The minimum absolute atomic E-state index is 0.00283. The second kappa shape index (κ2) is 7.46. The van der Waals surface area contributed by atoms with Crippen molar-refractivity contribution in [2.45, 2.75) is 24.7 Å². The van der Waals surface area contributed by atoms with E-state index in [0.717, 1.165) is 30.4 Å². The van der Waals surface area contributed by atoms with Gasteiger partial charge in [0.25, 0.3) is 5.91 Å². The lowest BCUT2D eigenvalue weighted by molar-refractivity contribution is 0.0963. The molecule has 1 rings (SSSR count). The van der Waals surface area contributed by atoms with Gasteiger partial charge in [-0.3, -0.25) is 4.79 Å². The molecule has 0 aliphatic heterocycles. The summed E-state index contributed by atoms with van der Waals surface area (Å²) in [5, 5.41) is 6.07. The van der Waals surface area contributed by atoms with Crippen molar-refractivity contribution in [1.82, 2.24) is 5.32 Å². The number of nitrogen functional groups attached to an aromatic ring is 1. The maximum atomic E-state index is 12.0. The van der Waals surface area contributed by atoms with E-state index in [1.54, 1.807) is 6.08 Å².